The maximum absolute atomic E-state index is 13.0. The van der Waals surface area contributed by atoms with Crippen molar-refractivity contribution in [3.8, 4) is 0 Å². The molecule has 0 saturated heterocycles. The highest BCUT2D eigenvalue weighted by molar-refractivity contribution is 5.75. The Morgan fingerprint density at radius 3 is 2.80 bits per heavy atom. The molecule has 78 valence electrons. The minimum absolute atomic E-state index is 0.278. The lowest BCUT2D eigenvalue weighted by Gasteiger charge is -2.10. The van der Waals surface area contributed by atoms with Crippen LogP contribution in [0.5, 0.6) is 0 Å². The molecule has 1 saturated carbocycles. The van der Waals surface area contributed by atoms with Gasteiger partial charge in [0.1, 0.15) is 5.54 Å². The summed E-state index contributed by atoms with van der Waals surface area (Å²) in [5.74, 6) is -2.78. The Morgan fingerprint density at radius 2 is 2.13 bits per heavy atom. The third-order valence-electron chi connectivity index (χ3n) is 2.96. The van der Waals surface area contributed by atoms with Crippen molar-refractivity contribution in [1.29, 1.82) is 0 Å². The number of aromatic amines is 1. The van der Waals surface area contributed by atoms with Gasteiger partial charge in [-0.1, -0.05) is 6.07 Å². The maximum Gasteiger partial charge on any atom is 0.272 e. The quantitative estimate of drug-likeness (QED) is 0.751. The normalized spacial score (nSPS) is 28.2. The van der Waals surface area contributed by atoms with Gasteiger partial charge in [-0.15, -0.1) is 0 Å². The van der Waals surface area contributed by atoms with E-state index in [1.54, 1.807) is 18.2 Å². The predicted molar refractivity (Wildman–Crippen MR) is 51.5 cm³/mol. The van der Waals surface area contributed by atoms with Gasteiger partial charge in [0.05, 0.1) is 17.4 Å². The van der Waals surface area contributed by atoms with E-state index < -0.39 is 11.5 Å². The number of aromatic nitrogens is 2. The summed E-state index contributed by atoms with van der Waals surface area (Å²) >= 11 is 0. The van der Waals surface area contributed by atoms with Crippen LogP contribution in [0.2, 0.25) is 0 Å². The maximum atomic E-state index is 13.0. The number of fused-ring (bicyclic) bond motifs is 1. The van der Waals surface area contributed by atoms with E-state index in [4.69, 9.17) is 5.73 Å². The summed E-state index contributed by atoms with van der Waals surface area (Å²) in [4.78, 5) is 6.89. The summed E-state index contributed by atoms with van der Waals surface area (Å²) in [6.07, 6.45) is 1.25. The monoisotopic (exact) mass is 209 g/mol. The molecule has 3 N–H and O–H groups in total. The molecule has 0 spiro atoms. The number of nitrogens with one attached hydrogen (secondary N) is 1. The van der Waals surface area contributed by atoms with E-state index in [-0.39, 0.29) is 6.42 Å². The van der Waals surface area contributed by atoms with Crippen LogP contribution < -0.4 is 5.73 Å². The summed E-state index contributed by atoms with van der Waals surface area (Å²) in [6, 6.07) is 4.96. The van der Waals surface area contributed by atoms with Crippen LogP contribution in [-0.2, 0) is 5.54 Å². The molecule has 1 aliphatic rings. The first-order valence-corrected chi connectivity index (χ1v) is 4.63. The van der Waals surface area contributed by atoms with Crippen LogP contribution in [0.25, 0.3) is 11.0 Å². The van der Waals surface area contributed by atoms with Gasteiger partial charge in [0, 0.05) is 6.42 Å². The Morgan fingerprint density at radius 1 is 1.40 bits per heavy atom. The molecule has 1 aromatic heterocycles. The third-order valence-corrected chi connectivity index (χ3v) is 2.96. The van der Waals surface area contributed by atoms with Crippen LogP contribution in [0.4, 0.5) is 8.78 Å². The van der Waals surface area contributed by atoms with Crippen molar-refractivity contribution in [2.24, 2.45) is 5.73 Å². The van der Waals surface area contributed by atoms with Crippen LogP contribution in [0, 0.1) is 0 Å². The number of rotatable bonds is 1. The fourth-order valence-corrected chi connectivity index (χ4v) is 1.83. The van der Waals surface area contributed by atoms with Crippen molar-refractivity contribution in [1.82, 2.24) is 9.97 Å². The lowest BCUT2D eigenvalue weighted by molar-refractivity contribution is 0.0891. The zero-order valence-corrected chi connectivity index (χ0v) is 7.80. The average molecular weight is 209 g/mol. The molecule has 1 aromatic carbocycles. The molecular weight excluding hydrogens is 200 g/mol. The van der Waals surface area contributed by atoms with E-state index in [1.807, 2.05) is 0 Å². The standard InChI is InChI=1S/C10H9F2N3/c11-10(12)4-9(10,13)6-1-2-7-8(3-6)15-5-14-7/h1-3,5H,4,13H2,(H,14,15). The van der Waals surface area contributed by atoms with Crippen molar-refractivity contribution in [2.75, 3.05) is 0 Å². The molecular formula is C10H9F2N3. The molecule has 0 amide bonds. The van der Waals surface area contributed by atoms with Gasteiger partial charge in [-0.3, -0.25) is 0 Å². The van der Waals surface area contributed by atoms with Gasteiger partial charge in [0.2, 0.25) is 0 Å². The van der Waals surface area contributed by atoms with Crippen LogP contribution >= 0.6 is 0 Å². The van der Waals surface area contributed by atoms with E-state index in [2.05, 4.69) is 9.97 Å². The number of alkyl halides is 2. The molecule has 0 radical (unpaired) electrons. The molecule has 3 nitrogen and oxygen atoms in total. The second kappa shape index (κ2) is 2.36. The first-order chi connectivity index (χ1) is 7.03. The second-order valence-corrected chi connectivity index (χ2v) is 3.99. The highest BCUT2D eigenvalue weighted by atomic mass is 19.3. The van der Waals surface area contributed by atoms with Crippen molar-refractivity contribution < 1.29 is 8.78 Å². The number of benzene rings is 1. The lowest BCUT2D eigenvalue weighted by Crippen LogP contribution is -2.26. The Balaban J connectivity index is 2.13. The summed E-state index contributed by atoms with van der Waals surface area (Å²) in [5, 5.41) is 0. The first kappa shape index (κ1) is 8.79. The fraction of sp³-hybridized carbons (Fsp3) is 0.300. The lowest BCUT2D eigenvalue weighted by atomic mass is 10.0. The largest absolute Gasteiger partial charge is 0.345 e. The zero-order chi connectivity index (χ0) is 10.7. The second-order valence-electron chi connectivity index (χ2n) is 3.99. The Kier molecular flexibility index (Phi) is 1.38. The van der Waals surface area contributed by atoms with Gasteiger partial charge in [-0.2, -0.15) is 0 Å². The number of H-pyrrole nitrogens is 1. The topological polar surface area (TPSA) is 54.7 Å². The number of hydrogen-bond acceptors (Lipinski definition) is 2. The summed E-state index contributed by atoms with van der Waals surface area (Å²) < 4.78 is 26.1. The minimum atomic E-state index is -2.78. The van der Waals surface area contributed by atoms with Gasteiger partial charge in [0.15, 0.2) is 0 Å². The molecule has 1 aliphatic carbocycles. The van der Waals surface area contributed by atoms with E-state index in [9.17, 15) is 8.78 Å². The number of hydrogen-bond donors (Lipinski definition) is 2. The van der Waals surface area contributed by atoms with E-state index in [0.29, 0.717) is 5.56 Å². The SMILES string of the molecule is NC1(c2ccc3nc[nH]c3c2)CC1(F)F. The van der Waals surface area contributed by atoms with Crippen LogP contribution in [0.15, 0.2) is 24.5 Å². The molecule has 0 bridgehead atoms. The number of nitrogens with zero attached hydrogens (tertiary/aromatic N) is 1. The van der Waals surface area contributed by atoms with Gasteiger partial charge in [-0.05, 0) is 17.7 Å². The molecule has 1 unspecified atom stereocenters. The molecule has 1 heterocycles. The van der Waals surface area contributed by atoms with Crippen LogP contribution in [0.3, 0.4) is 0 Å². The van der Waals surface area contributed by atoms with Crippen molar-refractivity contribution >= 4 is 11.0 Å². The highest BCUT2D eigenvalue weighted by Crippen LogP contribution is 2.57. The summed E-state index contributed by atoms with van der Waals surface area (Å²) in [5.41, 5.74) is 6.10. The van der Waals surface area contributed by atoms with Crippen LogP contribution in [-0.4, -0.2) is 15.9 Å². The average Bonchev–Trinajstić information content (AvgIpc) is 2.61. The molecule has 1 atom stereocenters. The van der Waals surface area contributed by atoms with Crippen molar-refractivity contribution in [3.63, 3.8) is 0 Å². The number of nitrogens with two attached hydrogens (primary N) is 1. The Hall–Kier alpha value is -1.49. The Bertz CT molecular complexity index is 534. The van der Waals surface area contributed by atoms with E-state index >= 15 is 0 Å². The molecule has 3 rings (SSSR count). The Labute approximate surface area is 84.3 Å². The summed E-state index contributed by atoms with van der Waals surface area (Å²) in [7, 11) is 0. The minimum Gasteiger partial charge on any atom is -0.345 e. The smallest absolute Gasteiger partial charge is 0.272 e. The zero-order valence-electron chi connectivity index (χ0n) is 7.80. The van der Waals surface area contributed by atoms with Crippen LogP contribution in [0.1, 0.15) is 12.0 Å². The highest BCUT2D eigenvalue weighted by Gasteiger charge is 2.69. The predicted octanol–water partition coefficient (Wildman–Crippen LogP) is 1.76. The van der Waals surface area contributed by atoms with Gasteiger partial charge in [-0.25, -0.2) is 13.8 Å². The fourth-order valence-electron chi connectivity index (χ4n) is 1.83. The van der Waals surface area contributed by atoms with Gasteiger partial charge >= 0.3 is 0 Å². The summed E-state index contributed by atoms with van der Waals surface area (Å²) in [6.45, 7) is 0. The first-order valence-electron chi connectivity index (χ1n) is 4.63. The molecule has 1 fully saturated rings. The van der Waals surface area contributed by atoms with Gasteiger partial charge in [0.25, 0.3) is 5.92 Å². The third kappa shape index (κ3) is 1.04. The number of imidazole rings is 1. The van der Waals surface area contributed by atoms with Crippen molar-refractivity contribution in [2.45, 2.75) is 17.9 Å². The number of halogens is 2. The molecule has 15 heavy (non-hydrogen) atoms. The van der Waals surface area contributed by atoms with Gasteiger partial charge < -0.3 is 10.7 Å². The van der Waals surface area contributed by atoms with E-state index in [0.717, 1.165) is 11.0 Å². The molecule has 0 aliphatic heterocycles. The molecule has 2 aromatic rings. The van der Waals surface area contributed by atoms with E-state index in [1.165, 1.54) is 6.33 Å². The molecule has 5 heteroatoms. The van der Waals surface area contributed by atoms with Crippen molar-refractivity contribution in [3.05, 3.63) is 30.1 Å².